The van der Waals surface area contributed by atoms with E-state index in [1.165, 1.54) is 0 Å². The standard InChI is InChI=1S/C20H19N3O2/c1-3-25-19-13-12-18(22-23-19)15-8-10-17(11-9-15)21-20(24)16-6-4-14(2)5-7-16/h4-13H,3H2,1-2H3,(H,21,24). The number of ether oxygens (including phenoxy) is 1. The van der Waals surface area contributed by atoms with Crippen molar-refractivity contribution in [2.24, 2.45) is 0 Å². The van der Waals surface area contributed by atoms with Crippen LogP contribution in [0, 0.1) is 6.92 Å². The zero-order chi connectivity index (χ0) is 17.6. The Balaban J connectivity index is 1.69. The fraction of sp³-hybridized carbons (Fsp3) is 0.150. The first-order chi connectivity index (χ1) is 12.2. The average molecular weight is 333 g/mol. The predicted octanol–water partition coefficient (Wildman–Crippen LogP) is 4.10. The second-order valence-electron chi connectivity index (χ2n) is 5.59. The summed E-state index contributed by atoms with van der Waals surface area (Å²) >= 11 is 0. The Morgan fingerprint density at radius 1 is 0.960 bits per heavy atom. The van der Waals surface area contributed by atoms with E-state index in [4.69, 9.17) is 4.74 Å². The molecular formula is C20H19N3O2. The van der Waals surface area contributed by atoms with Crippen molar-refractivity contribution in [3.8, 4) is 17.1 Å². The van der Waals surface area contributed by atoms with E-state index in [1.807, 2.05) is 68.4 Å². The molecule has 1 amide bonds. The van der Waals surface area contributed by atoms with E-state index < -0.39 is 0 Å². The van der Waals surface area contributed by atoms with Gasteiger partial charge in [0.25, 0.3) is 5.91 Å². The molecule has 2 aromatic carbocycles. The number of anilines is 1. The van der Waals surface area contributed by atoms with Crippen LogP contribution in [0.1, 0.15) is 22.8 Å². The summed E-state index contributed by atoms with van der Waals surface area (Å²) in [6.45, 7) is 4.45. The molecule has 3 aromatic rings. The SMILES string of the molecule is CCOc1ccc(-c2ccc(NC(=O)c3ccc(C)cc3)cc2)nn1. The summed E-state index contributed by atoms with van der Waals surface area (Å²) in [5.41, 5.74) is 4.15. The molecular weight excluding hydrogens is 314 g/mol. The maximum absolute atomic E-state index is 12.2. The Morgan fingerprint density at radius 3 is 2.28 bits per heavy atom. The molecule has 0 spiro atoms. The molecule has 0 aliphatic heterocycles. The van der Waals surface area contributed by atoms with Gasteiger partial charge in [0, 0.05) is 22.9 Å². The molecule has 1 aromatic heterocycles. The number of amides is 1. The number of aromatic nitrogens is 2. The number of aryl methyl sites for hydroxylation is 1. The molecule has 5 nitrogen and oxygen atoms in total. The van der Waals surface area contributed by atoms with Crippen molar-refractivity contribution in [3.63, 3.8) is 0 Å². The van der Waals surface area contributed by atoms with Crippen molar-refractivity contribution < 1.29 is 9.53 Å². The van der Waals surface area contributed by atoms with Gasteiger partial charge in [0.2, 0.25) is 5.88 Å². The summed E-state index contributed by atoms with van der Waals surface area (Å²) in [6, 6.07) is 18.6. The van der Waals surface area contributed by atoms with E-state index >= 15 is 0 Å². The third-order valence-corrected chi connectivity index (χ3v) is 3.68. The summed E-state index contributed by atoms with van der Waals surface area (Å²) in [7, 11) is 0. The summed E-state index contributed by atoms with van der Waals surface area (Å²) in [5.74, 6) is 0.377. The van der Waals surface area contributed by atoms with Crippen LogP contribution >= 0.6 is 0 Å². The molecule has 0 fully saturated rings. The monoisotopic (exact) mass is 333 g/mol. The summed E-state index contributed by atoms with van der Waals surface area (Å²) in [4.78, 5) is 12.2. The zero-order valence-corrected chi connectivity index (χ0v) is 14.2. The fourth-order valence-corrected chi connectivity index (χ4v) is 2.33. The van der Waals surface area contributed by atoms with E-state index in [2.05, 4.69) is 15.5 Å². The fourth-order valence-electron chi connectivity index (χ4n) is 2.33. The maximum Gasteiger partial charge on any atom is 0.255 e. The highest BCUT2D eigenvalue weighted by Gasteiger charge is 2.06. The van der Waals surface area contributed by atoms with Gasteiger partial charge >= 0.3 is 0 Å². The van der Waals surface area contributed by atoms with Crippen LogP contribution in [-0.4, -0.2) is 22.7 Å². The van der Waals surface area contributed by atoms with Crippen LogP contribution in [0.25, 0.3) is 11.3 Å². The Kier molecular flexibility index (Phi) is 5.04. The lowest BCUT2D eigenvalue weighted by Crippen LogP contribution is -2.11. The predicted molar refractivity (Wildman–Crippen MR) is 97.8 cm³/mol. The Bertz CT molecular complexity index is 842. The highest BCUT2D eigenvalue weighted by atomic mass is 16.5. The van der Waals surface area contributed by atoms with Crippen molar-refractivity contribution >= 4 is 11.6 Å². The number of nitrogens with one attached hydrogen (secondary N) is 1. The molecule has 0 bridgehead atoms. The van der Waals surface area contributed by atoms with Gasteiger partial charge in [0.15, 0.2) is 0 Å². The van der Waals surface area contributed by atoms with E-state index in [0.29, 0.717) is 18.1 Å². The number of rotatable bonds is 5. The second kappa shape index (κ2) is 7.57. The van der Waals surface area contributed by atoms with Gasteiger partial charge in [-0.1, -0.05) is 29.8 Å². The molecule has 0 saturated heterocycles. The minimum Gasteiger partial charge on any atom is -0.477 e. The Labute approximate surface area is 146 Å². The molecule has 25 heavy (non-hydrogen) atoms. The van der Waals surface area contributed by atoms with Crippen molar-refractivity contribution in [2.45, 2.75) is 13.8 Å². The first kappa shape index (κ1) is 16.6. The first-order valence-electron chi connectivity index (χ1n) is 8.10. The van der Waals surface area contributed by atoms with Crippen LogP contribution in [0.3, 0.4) is 0 Å². The number of hydrogen-bond donors (Lipinski definition) is 1. The van der Waals surface area contributed by atoms with Gasteiger partial charge in [0.1, 0.15) is 0 Å². The van der Waals surface area contributed by atoms with Gasteiger partial charge in [-0.25, -0.2) is 0 Å². The third kappa shape index (κ3) is 4.20. The minimum atomic E-state index is -0.131. The summed E-state index contributed by atoms with van der Waals surface area (Å²) in [6.07, 6.45) is 0. The van der Waals surface area contributed by atoms with Crippen LogP contribution in [0.5, 0.6) is 5.88 Å². The first-order valence-corrected chi connectivity index (χ1v) is 8.10. The van der Waals surface area contributed by atoms with E-state index in [0.717, 1.165) is 22.5 Å². The number of carbonyl (C=O) groups excluding carboxylic acids is 1. The van der Waals surface area contributed by atoms with Crippen LogP contribution in [0.15, 0.2) is 60.7 Å². The van der Waals surface area contributed by atoms with Crippen molar-refractivity contribution in [2.75, 3.05) is 11.9 Å². The summed E-state index contributed by atoms with van der Waals surface area (Å²) in [5, 5.41) is 11.1. The molecule has 3 rings (SSSR count). The quantitative estimate of drug-likeness (QED) is 0.763. The maximum atomic E-state index is 12.2. The lowest BCUT2D eigenvalue weighted by Gasteiger charge is -2.07. The van der Waals surface area contributed by atoms with Crippen molar-refractivity contribution in [1.29, 1.82) is 0 Å². The molecule has 0 atom stereocenters. The molecule has 0 aliphatic carbocycles. The molecule has 1 N–H and O–H groups in total. The van der Waals surface area contributed by atoms with Crippen molar-refractivity contribution in [1.82, 2.24) is 10.2 Å². The van der Waals surface area contributed by atoms with E-state index in [1.54, 1.807) is 6.07 Å². The van der Waals surface area contributed by atoms with Crippen LogP contribution < -0.4 is 10.1 Å². The van der Waals surface area contributed by atoms with Crippen molar-refractivity contribution in [3.05, 3.63) is 71.8 Å². The van der Waals surface area contributed by atoms with Gasteiger partial charge in [-0.05, 0) is 44.2 Å². The number of benzene rings is 2. The summed E-state index contributed by atoms with van der Waals surface area (Å²) < 4.78 is 5.29. The Morgan fingerprint density at radius 2 is 1.68 bits per heavy atom. The highest BCUT2D eigenvalue weighted by Crippen LogP contribution is 2.20. The molecule has 5 heteroatoms. The number of hydrogen-bond acceptors (Lipinski definition) is 4. The lowest BCUT2D eigenvalue weighted by molar-refractivity contribution is 0.102. The average Bonchev–Trinajstić information content (AvgIpc) is 2.64. The van der Waals surface area contributed by atoms with Gasteiger partial charge in [0.05, 0.1) is 12.3 Å². The van der Waals surface area contributed by atoms with Gasteiger partial charge in [-0.2, -0.15) is 0 Å². The van der Waals surface area contributed by atoms with E-state index in [9.17, 15) is 4.79 Å². The normalized spacial score (nSPS) is 10.3. The topological polar surface area (TPSA) is 64.1 Å². The van der Waals surface area contributed by atoms with Gasteiger partial charge < -0.3 is 10.1 Å². The molecule has 0 unspecified atom stereocenters. The zero-order valence-electron chi connectivity index (χ0n) is 14.2. The van der Waals surface area contributed by atoms with Crippen LogP contribution in [0.4, 0.5) is 5.69 Å². The lowest BCUT2D eigenvalue weighted by atomic mass is 10.1. The molecule has 0 saturated carbocycles. The third-order valence-electron chi connectivity index (χ3n) is 3.68. The second-order valence-corrected chi connectivity index (χ2v) is 5.59. The van der Waals surface area contributed by atoms with Crippen LogP contribution in [0.2, 0.25) is 0 Å². The van der Waals surface area contributed by atoms with Gasteiger partial charge in [-0.15, -0.1) is 10.2 Å². The molecule has 126 valence electrons. The van der Waals surface area contributed by atoms with Crippen LogP contribution in [-0.2, 0) is 0 Å². The Hall–Kier alpha value is -3.21. The number of nitrogens with zero attached hydrogens (tertiary/aromatic N) is 2. The largest absolute Gasteiger partial charge is 0.477 e. The molecule has 0 aliphatic rings. The minimum absolute atomic E-state index is 0.131. The number of carbonyl (C=O) groups is 1. The molecule has 0 radical (unpaired) electrons. The van der Waals surface area contributed by atoms with E-state index in [-0.39, 0.29) is 5.91 Å². The van der Waals surface area contributed by atoms with Gasteiger partial charge in [-0.3, -0.25) is 4.79 Å². The molecule has 1 heterocycles. The smallest absolute Gasteiger partial charge is 0.255 e. The highest BCUT2D eigenvalue weighted by molar-refractivity contribution is 6.04.